The molecule has 0 bridgehead atoms. The summed E-state index contributed by atoms with van der Waals surface area (Å²) in [6.45, 7) is 15.1. The molecule has 0 saturated heterocycles. The van der Waals surface area contributed by atoms with Crippen LogP contribution in [-0.2, 0) is 11.2 Å². The first kappa shape index (κ1) is 19.6. The second-order valence-electron chi connectivity index (χ2n) is 7.95. The van der Waals surface area contributed by atoms with Crippen LogP contribution >= 0.6 is 0 Å². The largest absolute Gasteiger partial charge is 0.443 e. The van der Waals surface area contributed by atoms with Gasteiger partial charge in [0.1, 0.15) is 5.60 Å². The smallest absolute Gasteiger partial charge is 0.414 e. The van der Waals surface area contributed by atoms with Gasteiger partial charge in [0.05, 0.1) is 5.69 Å². The van der Waals surface area contributed by atoms with Crippen LogP contribution in [0.3, 0.4) is 0 Å². The predicted octanol–water partition coefficient (Wildman–Crippen LogP) is 5.31. The van der Waals surface area contributed by atoms with Gasteiger partial charge in [-0.3, -0.25) is 4.90 Å². The van der Waals surface area contributed by atoms with Crippen LogP contribution in [-0.4, -0.2) is 31.3 Å². The third-order valence-electron chi connectivity index (χ3n) is 4.48. The molecule has 4 heteroatoms. The van der Waals surface area contributed by atoms with Crippen LogP contribution < -0.4 is 9.80 Å². The number of carbonyl (C=O) groups excluding carboxylic acids is 1. The molecule has 1 aromatic carbocycles. The minimum atomic E-state index is -0.476. The highest BCUT2D eigenvalue weighted by atomic mass is 16.6. The topological polar surface area (TPSA) is 32.8 Å². The number of hydrogen-bond donors (Lipinski definition) is 0. The van der Waals surface area contributed by atoms with Gasteiger partial charge < -0.3 is 9.64 Å². The van der Waals surface area contributed by atoms with Gasteiger partial charge in [0.2, 0.25) is 0 Å². The number of anilines is 2. The van der Waals surface area contributed by atoms with Crippen molar-refractivity contribution in [2.24, 2.45) is 0 Å². The van der Waals surface area contributed by atoms with Crippen LogP contribution in [0.15, 0.2) is 12.1 Å². The maximum absolute atomic E-state index is 12.8. The number of benzene rings is 1. The van der Waals surface area contributed by atoms with Crippen LogP contribution in [0.5, 0.6) is 0 Å². The number of fused-ring (bicyclic) bond motifs is 1. The van der Waals surface area contributed by atoms with Crippen LogP contribution in [0, 0.1) is 6.92 Å². The van der Waals surface area contributed by atoms with Crippen molar-refractivity contribution in [1.29, 1.82) is 0 Å². The highest BCUT2D eigenvalue weighted by molar-refractivity contribution is 5.92. The Hall–Kier alpha value is -1.71. The summed E-state index contributed by atoms with van der Waals surface area (Å²) in [5.74, 6) is 0. The van der Waals surface area contributed by atoms with Crippen LogP contribution in [0.25, 0.3) is 0 Å². The molecule has 0 fully saturated rings. The van der Waals surface area contributed by atoms with Gasteiger partial charge in [0, 0.05) is 25.3 Å². The Kier molecular flexibility index (Phi) is 6.36. The maximum Gasteiger partial charge on any atom is 0.414 e. The molecule has 1 aliphatic heterocycles. The van der Waals surface area contributed by atoms with Gasteiger partial charge in [0.15, 0.2) is 0 Å². The zero-order valence-corrected chi connectivity index (χ0v) is 16.8. The summed E-state index contributed by atoms with van der Waals surface area (Å²) in [6, 6.07) is 4.38. The molecule has 0 aromatic heterocycles. The summed E-state index contributed by atoms with van der Waals surface area (Å²) in [5, 5.41) is 0. The lowest BCUT2D eigenvalue weighted by Gasteiger charge is -2.36. The highest BCUT2D eigenvalue weighted by Crippen LogP contribution is 2.38. The van der Waals surface area contributed by atoms with Crippen molar-refractivity contribution < 1.29 is 9.53 Å². The Bertz CT molecular complexity index is 599. The molecule has 1 aliphatic rings. The summed E-state index contributed by atoms with van der Waals surface area (Å²) in [4.78, 5) is 17.1. The van der Waals surface area contributed by atoms with E-state index in [1.807, 2.05) is 25.7 Å². The molecule has 1 heterocycles. The zero-order valence-electron chi connectivity index (χ0n) is 16.8. The van der Waals surface area contributed by atoms with Crippen molar-refractivity contribution in [3.05, 3.63) is 23.3 Å². The van der Waals surface area contributed by atoms with E-state index in [1.54, 1.807) is 0 Å². The second kappa shape index (κ2) is 8.11. The lowest BCUT2D eigenvalue weighted by atomic mass is 9.95. The normalized spacial score (nSPS) is 14.2. The van der Waals surface area contributed by atoms with Crippen molar-refractivity contribution in [3.8, 4) is 0 Å². The first-order valence-corrected chi connectivity index (χ1v) is 9.66. The number of hydrogen-bond acceptors (Lipinski definition) is 3. The number of ether oxygens (including phenoxy) is 1. The number of rotatable bonds is 5. The molecule has 140 valence electrons. The highest BCUT2D eigenvalue weighted by Gasteiger charge is 2.30. The van der Waals surface area contributed by atoms with E-state index in [0.29, 0.717) is 0 Å². The SMILES string of the molecule is CCCN(CCC)c1ccc(C)c2c1CCCN2C(=O)OC(C)(C)C. The van der Waals surface area contributed by atoms with Crippen molar-refractivity contribution in [1.82, 2.24) is 0 Å². The average Bonchev–Trinajstić information content (AvgIpc) is 2.53. The van der Waals surface area contributed by atoms with Gasteiger partial charge in [-0.15, -0.1) is 0 Å². The summed E-state index contributed by atoms with van der Waals surface area (Å²) in [6.07, 6.45) is 4.02. The summed E-state index contributed by atoms with van der Waals surface area (Å²) in [5.41, 5.74) is 4.33. The van der Waals surface area contributed by atoms with Crippen molar-refractivity contribution in [3.63, 3.8) is 0 Å². The lowest BCUT2D eigenvalue weighted by molar-refractivity contribution is 0.0577. The van der Waals surface area contributed by atoms with Gasteiger partial charge in [-0.1, -0.05) is 19.9 Å². The minimum absolute atomic E-state index is 0.230. The molecule has 4 nitrogen and oxygen atoms in total. The van der Waals surface area contributed by atoms with Gasteiger partial charge in [-0.05, 0) is 70.6 Å². The summed E-state index contributed by atoms with van der Waals surface area (Å²) < 4.78 is 5.66. The second-order valence-corrected chi connectivity index (χ2v) is 7.95. The number of carbonyl (C=O) groups is 1. The zero-order chi connectivity index (χ0) is 18.6. The first-order valence-electron chi connectivity index (χ1n) is 9.66. The van der Waals surface area contributed by atoms with Crippen LogP contribution in [0.1, 0.15) is 65.0 Å². The molecule has 0 spiro atoms. The van der Waals surface area contributed by atoms with E-state index in [0.717, 1.165) is 56.6 Å². The molecule has 0 saturated carbocycles. The van der Waals surface area contributed by atoms with E-state index in [1.165, 1.54) is 11.3 Å². The predicted molar refractivity (Wildman–Crippen MR) is 106 cm³/mol. The van der Waals surface area contributed by atoms with Gasteiger partial charge in [0.25, 0.3) is 0 Å². The molecule has 0 radical (unpaired) electrons. The number of aryl methyl sites for hydroxylation is 1. The molecular formula is C21H34N2O2. The summed E-state index contributed by atoms with van der Waals surface area (Å²) >= 11 is 0. The molecule has 2 rings (SSSR count). The van der Waals surface area contributed by atoms with E-state index >= 15 is 0 Å². The Morgan fingerprint density at radius 3 is 2.40 bits per heavy atom. The van der Waals surface area contributed by atoms with Crippen LogP contribution in [0.2, 0.25) is 0 Å². The molecule has 0 aliphatic carbocycles. The Morgan fingerprint density at radius 1 is 1.20 bits per heavy atom. The maximum atomic E-state index is 12.8. The average molecular weight is 347 g/mol. The number of amides is 1. The Labute approximate surface area is 153 Å². The van der Waals surface area contributed by atoms with E-state index in [9.17, 15) is 4.79 Å². The third kappa shape index (κ3) is 4.68. The van der Waals surface area contributed by atoms with Crippen LogP contribution in [0.4, 0.5) is 16.2 Å². The Balaban J connectivity index is 2.43. The fourth-order valence-corrected chi connectivity index (χ4v) is 3.58. The minimum Gasteiger partial charge on any atom is -0.443 e. The lowest BCUT2D eigenvalue weighted by Crippen LogP contribution is -2.40. The third-order valence-corrected chi connectivity index (χ3v) is 4.48. The van der Waals surface area contributed by atoms with Crippen molar-refractivity contribution in [2.45, 2.75) is 72.8 Å². The fourth-order valence-electron chi connectivity index (χ4n) is 3.58. The first-order chi connectivity index (χ1) is 11.8. The van der Waals surface area contributed by atoms with E-state index in [-0.39, 0.29) is 6.09 Å². The van der Waals surface area contributed by atoms with Gasteiger partial charge in [-0.2, -0.15) is 0 Å². The molecule has 0 N–H and O–H groups in total. The quantitative estimate of drug-likeness (QED) is 0.724. The molecular weight excluding hydrogens is 312 g/mol. The monoisotopic (exact) mass is 346 g/mol. The molecule has 25 heavy (non-hydrogen) atoms. The molecule has 1 amide bonds. The fraction of sp³-hybridized carbons (Fsp3) is 0.667. The summed E-state index contributed by atoms with van der Waals surface area (Å²) in [7, 11) is 0. The standard InChI is InChI=1S/C21H34N2O2/c1-7-13-22(14-8-2)18-12-11-16(3)19-17(18)10-9-15-23(19)20(24)25-21(4,5)6/h11-12H,7-10,13-15H2,1-6H3. The van der Waals surface area contributed by atoms with E-state index in [4.69, 9.17) is 4.74 Å². The molecule has 0 atom stereocenters. The molecule has 1 aromatic rings. The van der Waals surface area contributed by atoms with Gasteiger partial charge in [-0.25, -0.2) is 4.79 Å². The van der Waals surface area contributed by atoms with E-state index in [2.05, 4.69) is 37.8 Å². The van der Waals surface area contributed by atoms with E-state index < -0.39 is 5.60 Å². The van der Waals surface area contributed by atoms with Crippen molar-refractivity contribution >= 4 is 17.5 Å². The van der Waals surface area contributed by atoms with Gasteiger partial charge >= 0.3 is 6.09 Å². The number of nitrogens with zero attached hydrogens (tertiary/aromatic N) is 2. The Morgan fingerprint density at radius 2 is 1.84 bits per heavy atom. The van der Waals surface area contributed by atoms with Crippen molar-refractivity contribution in [2.75, 3.05) is 29.4 Å². The molecule has 0 unspecified atom stereocenters.